The molecule has 3 rings (SSSR count). The molecule has 1 atom stereocenters. The molecule has 1 aliphatic carbocycles. The van der Waals surface area contributed by atoms with Crippen LogP contribution in [-0.2, 0) is 14.4 Å². The largest absolute Gasteiger partial charge is 0.321 e. The van der Waals surface area contributed by atoms with Crippen LogP contribution < -0.4 is 0 Å². The van der Waals surface area contributed by atoms with Gasteiger partial charge in [0, 0.05) is 24.4 Å². The lowest BCUT2D eigenvalue weighted by Crippen LogP contribution is -2.49. The van der Waals surface area contributed by atoms with Crippen LogP contribution in [0.1, 0.15) is 25.7 Å². The molecule has 20 heavy (non-hydrogen) atoms. The monoisotopic (exact) mass is 272 g/mol. The van der Waals surface area contributed by atoms with E-state index in [0.717, 1.165) is 11.3 Å². The Morgan fingerprint density at radius 2 is 1.90 bits per heavy atom. The predicted molar refractivity (Wildman–Crippen MR) is 72.2 cm³/mol. The fraction of sp³-hybridized carbons (Fsp3) is 0.400. The van der Waals surface area contributed by atoms with E-state index >= 15 is 0 Å². The number of likely N-dealkylation sites (N-methyl/N-ethyl adjacent to an activating group) is 1. The zero-order valence-corrected chi connectivity index (χ0v) is 11.3. The Kier molecular flexibility index (Phi) is 3.04. The third kappa shape index (κ3) is 1.81. The molecule has 2 aliphatic heterocycles. The fourth-order valence-corrected chi connectivity index (χ4v) is 2.90. The van der Waals surface area contributed by atoms with Crippen LogP contribution in [0, 0.1) is 0 Å². The molecule has 2 heterocycles. The number of nitrogens with zero attached hydrogens (tertiary/aromatic N) is 2. The third-order valence-corrected chi connectivity index (χ3v) is 3.98. The Labute approximate surface area is 117 Å². The predicted octanol–water partition coefficient (Wildman–Crippen LogP) is 1.14. The van der Waals surface area contributed by atoms with E-state index in [1.165, 1.54) is 4.90 Å². The SMILES string of the molecule is CN1C=CCC[C@H](N2C(=O)C3=C(CCC=C3)C2=O)C1=O. The number of imide groups is 1. The minimum absolute atomic E-state index is 0.204. The van der Waals surface area contributed by atoms with Gasteiger partial charge in [-0.05, 0) is 25.7 Å². The number of carbonyl (C=O) groups is 3. The molecule has 0 saturated heterocycles. The molecular formula is C15H16N2O3. The number of amides is 3. The average molecular weight is 272 g/mol. The van der Waals surface area contributed by atoms with Gasteiger partial charge in [-0.3, -0.25) is 19.3 Å². The van der Waals surface area contributed by atoms with Crippen LogP contribution >= 0.6 is 0 Å². The molecule has 0 saturated carbocycles. The van der Waals surface area contributed by atoms with Gasteiger partial charge < -0.3 is 4.90 Å². The first-order valence-electron chi connectivity index (χ1n) is 6.82. The second-order valence-corrected chi connectivity index (χ2v) is 5.24. The molecule has 104 valence electrons. The summed E-state index contributed by atoms with van der Waals surface area (Å²) < 4.78 is 0. The highest BCUT2D eigenvalue weighted by atomic mass is 16.2. The summed E-state index contributed by atoms with van der Waals surface area (Å²) in [6.45, 7) is 0. The summed E-state index contributed by atoms with van der Waals surface area (Å²) in [5.41, 5.74) is 1.03. The van der Waals surface area contributed by atoms with Gasteiger partial charge in [0.25, 0.3) is 11.8 Å². The molecule has 0 aromatic heterocycles. The normalized spacial score (nSPS) is 26.4. The quantitative estimate of drug-likeness (QED) is 0.672. The summed E-state index contributed by atoms with van der Waals surface area (Å²) in [4.78, 5) is 39.8. The van der Waals surface area contributed by atoms with Crippen molar-refractivity contribution in [2.24, 2.45) is 0 Å². The minimum Gasteiger partial charge on any atom is -0.321 e. The highest BCUT2D eigenvalue weighted by molar-refractivity contribution is 6.22. The van der Waals surface area contributed by atoms with Crippen molar-refractivity contribution in [3.8, 4) is 0 Å². The Bertz CT molecular complexity index is 586. The number of allylic oxidation sites excluding steroid dienone is 2. The Morgan fingerprint density at radius 1 is 1.10 bits per heavy atom. The van der Waals surface area contributed by atoms with Gasteiger partial charge in [0.15, 0.2) is 0 Å². The van der Waals surface area contributed by atoms with Gasteiger partial charge in [0.2, 0.25) is 5.91 Å². The summed E-state index contributed by atoms with van der Waals surface area (Å²) in [7, 11) is 1.65. The van der Waals surface area contributed by atoms with Crippen molar-refractivity contribution in [1.29, 1.82) is 0 Å². The van der Waals surface area contributed by atoms with Crippen LogP contribution in [0.25, 0.3) is 0 Å². The minimum atomic E-state index is -0.686. The van der Waals surface area contributed by atoms with E-state index in [1.54, 1.807) is 19.3 Å². The van der Waals surface area contributed by atoms with Gasteiger partial charge in [-0.2, -0.15) is 0 Å². The standard InChI is InChI=1S/C15H16N2O3/c1-16-9-5-4-8-12(15(16)20)17-13(18)10-6-2-3-7-11(10)14(17)19/h2,5-6,9,12H,3-4,7-8H2,1H3/t12-/m0/s1. The first-order valence-corrected chi connectivity index (χ1v) is 6.82. The molecule has 0 radical (unpaired) electrons. The fourth-order valence-electron chi connectivity index (χ4n) is 2.90. The van der Waals surface area contributed by atoms with Gasteiger partial charge in [-0.15, -0.1) is 0 Å². The third-order valence-electron chi connectivity index (χ3n) is 3.98. The molecular weight excluding hydrogens is 256 g/mol. The lowest BCUT2D eigenvalue weighted by Gasteiger charge is -2.26. The van der Waals surface area contributed by atoms with Crippen molar-refractivity contribution < 1.29 is 14.4 Å². The molecule has 5 heteroatoms. The topological polar surface area (TPSA) is 57.7 Å². The van der Waals surface area contributed by atoms with Crippen LogP contribution in [0.2, 0.25) is 0 Å². The summed E-state index contributed by atoms with van der Waals surface area (Å²) in [6.07, 6.45) is 9.71. The highest BCUT2D eigenvalue weighted by Gasteiger charge is 2.44. The van der Waals surface area contributed by atoms with Crippen LogP contribution in [0.3, 0.4) is 0 Å². The molecule has 0 bridgehead atoms. The van der Waals surface area contributed by atoms with Gasteiger partial charge in [-0.1, -0.05) is 18.2 Å². The summed E-state index contributed by atoms with van der Waals surface area (Å²) in [6, 6.07) is -0.686. The van der Waals surface area contributed by atoms with Gasteiger partial charge in [-0.25, -0.2) is 0 Å². The Balaban J connectivity index is 1.92. The van der Waals surface area contributed by atoms with Crippen molar-refractivity contribution in [2.45, 2.75) is 31.7 Å². The van der Waals surface area contributed by atoms with Gasteiger partial charge >= 0.3 is 0 Å². The molecule has 0 aromatic rings. The van der Waals surface area contributed by atoms with Crippen molar-refractivity contribution in [3.63, 3.8) is 0 Å². The van der Waals surface area contributed by atoms with Crippen LogP contribution in [0.15, 0.2) is 35.6 Å². The molecule has 3 aliphatic rings. The van der Waals surface area contributed by atoms with Crippen LogP contribution in [0.5, 0.6) is 0 Å². The van der Waals surface area contributed by atoms with E-state index in [-0.39, 0.29) is 17.7 Å². The lowest BCUT2D eigenvalue weighted by atomic mass is 10.00. The van der Waals surface area contributed by atoms with Crippen LogP contribution in [0.4, 0.5) is 0 Å². The molecule has 5 nitrogen and oxygen atoms in total. The van der Waals surface area contributed by atoms with Crippen LogP contribution in [-0.4, -0.2) is 40.6 Å². The summed E-state index contributed by atoms with van der Waals surface area (Å²) in [5.74, 6) is -0.818. The molecule has 0 fully saturated rings. The first kappa shape index (κ1) is 12.8. The smallest absolute Gasteiger partial charge is 0.261 e. The van der Waals surface area contributed by atoms with E-state index in [9.17, 15) is 14.4 Å². The van der Waals surface area contributed by atoms with E-state index in [1.807, 2.05) is 12.2 Å². The number of hydrogen-bond acceptors (Lipinski definition) is 3. The molecule has 3 amide bonds. The first-order chi connectivity index (χ1) is 9.61. The second-order valence-electron chi connectivity index (χ2n) is 5.24. The number of rotatable bonds is 1. The van der Waals surface area contributed by atoms with E-state index in [4.69, 9.17) is 0 Å². The van der Waals surface area contributed by atoms with Gasteiger partial charge in [0.1, 0.15) is 6.04 Å². The highest BCUT2D eigenvalue weighted by Crippen LogP contribution is 2.32. The van der Waals surface area contributed by atoms with E-state index in [0.29, 0.717) is 30.4 Å². The van der Waals surface area contributed by atoms with Crippen molar-refractivity contribution >= 4 is 17.7 Å². The lowest BCUT2D eigenvalue weighted by molar-refractivity contribution is -0.148. The number of hydrogen-bond donors (Lipinski definition) is 0. The molecule has 0 spiro atoms. The number of carbonyl (C=O) groups excluding carboxylic acids is 3. The van der Waals surface area contributed by atoms with E-state index in [2.05, 4.69) is 0 Å². The average Bonchev–Trinajstić information content (AvgIpc) is 2.59. The molecule has 0 unspecified atom stereocenters. The Hall–Kier alpha value is -2.17. The maximum Gasteiger partial charge on any atom is 0.261 e. The zero-order valence-electron chi connectivity index (χ0n) is 11.3. The van der Waals surface area contributed by atoms with Gasteiger partial charge in [0.05, 0.1) is 0 Å². The molecule has 0 N–H and O–H groups in total. The van der Waals surface area contributed by atoms with Crippen molar-refractivity contribution in [1.82, 2.24) is 9.80 Å². The van der Waals surface area contributed by atoms with E-state index < -0.39 is 6.04 Å². The summed E-state index contributed by atoms with van der Waals surface area (Å²) >= 11 is 0. The Morgan fingerprint density at radius 3 is 2.65 bits per heavy atom. The summed E-state index contributed by atoms with van der Waals surface area (Å²) in [5, 5.41) is 0. The maximum atomic E-state index is 12.4. The zero-order chi connectivity index (χ0) is 14.3. The van der Waals surface area contributed by atoms with Crippen molar-refractivity contribution in [2.75, 3.05) is 7.05 Å². The molecule has 0 aromatic carbocycles. The van der Waals surface area contributed by atoms with Crippen molar-refractivity contribution in [3.05, 3.63) is 35.6 Å². The second kappa shape index (κ2) is 4.74. The maximum absolute atomic E-state index is 12.4.